The predicted octanol–water partition coefficient (Wildman–Crippen LogP) is 4.96. The number of halogens is 3. The molecule has 5 nitrogen and oxygen atoms in total. The van der Waals surface area contributed by atoms with E-state index in [0.29, 0.717) is 18.2 Å². The van der Waals surface area contributed by atoms with Crippen molar-refractivity contribution < 1.29 is 4.74 Å². The second kappa shape index (κ2) is 11.1. The molecule has 0 atom stereocenters. The zero-order chi connectivity index (χ0) is 18.5. The van der Waals surface area contributed by atoms with Gasteiger partial charge < -0.3 is 15.4 Å². The molecule has 4 rings (SSSR count). The van der Waals surface area contributed by atoms with E-state index in [2.05, 4.69) is 20.6 Å². The fraction of sp³-hybridized carbons (Fsp3) is 0.238. The third-order valence-corrected chi connectivity index (χ3v) is 4.65. The second-order valence-electron chi connectivity index (χ2n) is 6.33. The molecule has 0 saturated carbocycles. The van der Waals surface area contributed by atoms with Crippen molar-refractivity contribution in [3.05, 3.63) is 65.3 Å². The third kappa shape index (κ3) is 5.89. The zero-order valence-corrected chi connectivity index (χ0v) is 18.1. The van der Waals surface area contributed by atoms with Crippen molar-refractivity contribution in [2.75, 3.05) is 31.6 Å². The molecule has 3 aromatic rings. The van der Waals surface area contributed by atoms with Crippen LogP contribution in [0.15, 0.2) is 59.7 Å². The number of anilines is 1. The van der Waals surface area contributed by atoms with Crippen LogP contribution in [0.25, 0.3) is 10.9 Å². The Labute approximate surface area is 187 Å². The summed E-state index contributed by atoms with van der Waals surface area (Å²) in [5.41, 5.74) is 3.00. The van der Waals surface area contributed by atoms with E-state index in [0.717, 1.165) is 53.2 Å². The van der Waals surface area contributed by atoms with E-state index in [1.165, 1.54) is 0 Å². The lowest BCUT2D eigenvalue weighted by molar-refractivity contribution is 0.333. The smallest absolute Gasteiger partial charge is 0.128 e. The second-order valence-corrected chi connectivity index (χ2v) is 6.77. The highest BCUT2D eigenvalue weighted by molar-refractivity contribution is 6.31. The van der Waals surface area contributed by atoms with Crippen LogP contribution >= 0.6 is 36.4 Å². The number of nitrogens with one attached hydrogen (secondary N) is 2. The minimum Gasteiger partial charge on any atom is -0.492 e. The first-order chi connectivity index (χ1) is 13.3. The molecule has 1 aromatic heterocycles. The van der Waals surface area contributed by atoms with E-state index in [-0.39, 0.29) is 24.8 Å². The first-order valence-electron chi connectivity index (χ1n) is 9.09. The van der Waals surface area contributed by atoms with E-state index >= 15 is 0 Å². The van der Waals surface area contributed by atoms with Gasteiger partial charge in [-0.3, -0.25) is 9.98 Å². The SMILES string of the molecule is Cl.Cl.Clc1ccc2c(NCCOc3ccc(C4=NCCCN4)cc3)ccnc2c1. The summed E-state index contributed by atoms with van der Waals surface area (Å²) in [6.07, 6.45) is 2.88. The number of rotatable bonds is 6. The molecule has 0 fully saturated rings. The maximum absolute atomic E-state index is 6.03. The zero-order valence-electron chi connectivity index (χ0n) is 15.7. The molecule has 8 heteroatoms. The molecule has 0 saturated heterocycles. The molecule has 2 heterocycles. The highest BCUT2D eigenvalue weighted by atomic mass is 35.5. The number of amidine groups is 1. The van der Waals surface area contributed by atoms with Gasteiger partial charge in [-0.25, -0.2) is 0 Å². The molecule has 2 N–H and O–H groups in total. The molecule has 0 unspecified atom stereocenters. The molecule has 0 amide bonds. The Bertz CT molecular complexity index is 964. The first kappa shape index (κ1) is 23.1. The quantitative estimate of drug-likeness (QED) is 0.518. The van der Waals surface area contributed by atoms with E-state index in [9.17, 15) is 0 Å². The summed E-state index contributed by atoms with van der Waals surface area (Å²) in [6.45, 7) is 3.13. The minimum absolute atomic E-state index is 0. The molecule has 1 aliphatic rings. The summed E-state index contributed by atoms with van der Waals surface area (Å²) < 4.78 is 5.84. The lowest BCUT2D eigenvalue weighted by Crippen LogP contribution is -2.30. The number of benzene rings is 2. The van der Waals surface area contributed by atoms with Crippen molar-refractivity contribution >= 4 is 58.8 Å². The molecular weight excluding hydrogens is 431 g/mol. The third-order valence-electron chi connectivity index (χ3n) is 4.42. The van der Waals surface area contributed by atoms with Gasteiger partial charge in [0.15, 0.2) is 0 Å². The van der Waals surface area contributed by atoms with Crippen LogP contribution < -0.4 is 15.4 Å². The molecule has 154 valence electrons. The van der Waals surface area contributed by atoms with Crippen LogP contribution in [0.2, 0.25) is 5.02 Å². The molecule has 29 heavy (non-hydrogen) atoms. The van der Waals surface area contributed by atoms with Crippen LogP contribution in [0.5, 0.6) is 5.75 Å². The van der Waals surface area contributed by atoms with Crippen molar-refractivity contribution in [3.8, 4) is 5.75 Å². The Morgan fingerprint density at radius 2 is 1.90 bits per heavy atom. The Balaban J connectivity index is 0.00000150. The highest BCUT2D eigenvalue weighted by Gasteiger charge is 2.07. The van der Waals surface area contributed by atoms with Crippen molar-refractivity contribution in [1.82, 2.24) is 10.3 Å². The van der Waals surface area contributed by atoms with Gasteiger partial charge in [0.05, 0.1) is 5.52 Å². The Hall–Kier alpha value is -2.21. The van der Waals surface area contributed by atoms with Crippen LogP contribution in [-0.4, -0.2) is 37.1 Å². The highest BCUT2D eigenvalue weighted by Crippen LogP contribution is 2.24. The van der Waals surface area contributed by atoms with Gasteiger partial charge in [0.2, 0.25) is 0 Å². The van der Waals surface area contributed by atoms with Gasteiger partial charge in [0.25, 0.3) is 0 Å². The van der Waals surface area contributed by atoms with E-state index in [4.69, 9.17) is 16.3 Å². The molecule has 1 aliphatic heterocycles. The fourth-order valence-electron chi connectivity index (χ4n) is 3.06. The molecule has 0 bridgehead atoms. The number of fused-ring (bicyclic) bond motifs is 1. The van der Waals surface area contributed by atoms with Gasteiger partial charge >= 0.3 is 0 Å². The molecule has 2 aromatic carbocycles. The van der Waals surface area contributed by atoms with Crippen LogP contribution in [0.1, 0.15) is 12.0 Å². The van der Waals surface area contributed by atoms with Gasteiger partial charge in [-0.1, -0.05) is 11.6 Å². The summed E-state index contributed by atoms with van der Waals surface area (Å²) in [4.78, 5) is 8.86. The fourth-order valence-corrected chi connectivity index (χ4v) is 3.23. The van der Waals surface area contributed by atoms with Crippen LogP contribution in [0.3, 0.4) is 0 Å². The predicted molar refractivity (Wildman–Crippen MR) is 126 cm³/mol. The molecular formula is C21H23Cl3N4O. The van der Waals surface area contributed by atoms with E-state index in [1.807, 2.05) is 48.5 Å². The summed E-state index contributed by atoms with van der Waals surface area (Å²) >= 11 is 6.03. The Kier molecular flexibility index (Phi) is 8.83. The van der Waals surface area contributed by atoms with E-state index < -0.39 is 0 Å². The average Bonchev–Trinajstić information content (AvgIpc) is 2.72. The van der Waals surface area contributed by atoms with E-state index in [1.54, 1.807) is 6.20 Å². The maximum Gasteiger partial charge on any atom is 0.128 e. The maximum atomic E-state index is 6.03. The topological polar surface area (TPSA) is 58.5 Å². The summed E-state index contributed by atoms with van der Waals surface area (Å²) in [7, 11) is 0. The summed E-state index contributed by atoms with van der Waals surface area (Å²) in [5.74, 6) is 1.82. The Morgan fingerprint density at radius 3 is 2.66 bits per heavy atom. The Morgan fingerprint density at radius 1 is 1.07 bits per heavy atom. The van der Waals surface area contributed by atoms with Crippen molar-refractivity contribution in [3.63, 3.8) is 0 Å². The standard InChI is InChI=1S/C21H21ClN4O.2ClH/c22-16-4-7-18-19(8-11-23-20(18)14-16)24-12-13-27-17-5-2-15(3-6-17)21-25-9-1-10-26-21;;/h2-8,11,14H,1,9-10,12-13H2,(H,23,24)(H,25,26);2*1H. The number of ether oxygens (including phenoxy) is 1. The average molecular weight is 454 g/mol. The van der Waals surface area contributed by atoms with Gasteiger partial charge in [-0.15, -0.1) is 24.8 Å². The normalized spacial score (nSPS) is 12.8. The lowest BCUT2D eigenvalue weighted by Gasteiger charge is -2.15. The largest absolute Gasteiger partial charge is 0.492 e. The summed E-state index contributed by atoms with van der Waals surface area (Å²) in [6, 6.07) is 15.7. The molecule has 0 aliphatic carbocycles. The van der Waals surface area contributed by atoms with Gasteiger partial charge in [0, 0.05) is 47.5 Å². The number of aliphatic imine (C=N–C) groups is 1. The van der Waals surface area contributed by atoms with Crippen LogP contribution in [-0.2, 0) is 0 Å². The number of nitrogens with zero attached hydrogens (tertiary/aromatic N) is 2. The number of aromatic nitrogens is 1. The van der Waals surface area contributed by atoms with Crippen LogP contribution in [0.4, 0.5) is 5.69 Å². The van der Waals surface area contributed by atoms with Crippen molar-refractivity contribution in [2.24, 2.45) is 4.99 Å². The van der Waals surface area contributed by atoms with Crippen molar-refractivity contribution in [1.29, 1.82) is 0 Å². The van der Waals surface area contributed by atoms with Gasteiger partial charge in [-0.05, 0) is 55.0 Å². The summed E-state index contributed by atoms with van der Waals surface area (Å²) in [5, 5.41) is 8.47. The number of hydrogen-bond donors (Lipinski definition) is 2. The lowest BCUT2D eigenvalue weighted by atomic mass is 10.2. The monoisotopic (exact) mass is 452 g/mol. The number of hydrogen-bond acceptors (Lipinski definition) is 5. The van der Waals surface area contributed by atoms with Gasteiger partial charge in [-0.2, -0.15) is 0 Å². The molecule has 0 radical (unpaired) electrons. The molecule has 0 spiro atoms. The van der Waals surface area contributed by atoms with Gasteiger partial charge in [0.1, 0.15) is 18.2 Å². The number of pyridine rings is 1. The minimum atomic E-state index is 0. The van der Waals surface area contributed by atoms with Crippen LogP contribution in [0, 0.1) is 0 Å². The first-order valence-corrected chi connectivity index (χ1v) is 9.47. The van der Waals surface area contributed by atoms with Crippen molar-refractivity contribution in [2.45, 2.75) is 6.42 Å².